The summed E-state index contributed by atoms with van der Waals surface area (Å²) in [4.78, 5) is 4.20. The zero-order valence-corrected chi connectivity index (χ0v) is 10.9. The standard InChI is InChI=1S/C16H10FN3O/c17-12-5-3-7-15(11(12)8-18)21-16-10-4-1-2-6-14(10)20-9-13(16)19/h1-7,9H,19H2. The van der Waals surface area contributed by atoms with E-state index in [-0.39, 0.29) is 11.3 Å². The van der Waals surface area contributed by atoms with Crippen molar-refractivity contribution in [2.75, 3.05) is 5.73 Å². The molecule has 0 amide bonds. The third kappa shape index (κ3) is 2.23. The van der Waals surface area contributed by atoms with Crippen molar-refractivity contribution in [3.63, 3.8) is 0 Å². The molecule has 3 aromatic rings. The van der Waals surface area contributed by atoms with Crippen molar-refractivity contribution in [1.82, 2.24) is 4.98 Å². The zero-order valence-electron chi connectivity index (χ0n) is 10.9. The van der Waals surface area contributed by atoms with Gasteiger partial charge >= 0.3 is 0 Å². The second-order valence-electron chi connectivity index (χ2n) is 4.39. The van der Waals surface area contributed by atoms with Crippen LogP contribution in [-0.4, -0.2) is 4.98 Å². The highest BCUT2D eigenvalue weighted by atomic mass is 19.1. The molecule has 102 valence electrons. The lowest BCUT2D eigenvalue weighted by Crippen LogP contribution is -1.97. The van der Waals surface area contributed by atoms with E-state index in [2.05, 4.69) is 4.98 Å². The summed E-state index contributed by atoms with van der Waals surface area (Å²) in [5.74, 6) is -0.143. The van der Waals surface area contributed by atoms with Crippen LogP contribution in [0.3, 0.4) is 0 Å². The summed E-state index contributed by atoms with van der Waals surface area (Å²) in [7, 11) is 0. The van der Waals surface area contributed by atoms with E-state index in [9.17, 15) is 4.39 Å². The molecule has 21 heavy (non-hydrogen) atoms. The van der Waals surface area contributed by atoms with Crippen molar-refractivity contribution in [2.45, 2.75) is 0 Å². The Morgan fingerprint density at radius 3 is 2.76 bits per heavy atom. The fourth-order valence-electron chi connectivity index (χ4n) is 2.05. The van der Waals surface area contributed by atoms with Gasteiger partial charge in [-0.3, -0.25) is 4.98 Å². The van der Waals surface area contributed by atoms with Crippen molar-refractivity contribution >= 4 is 16.6 Å². The lowest BCUT2D eigenvalue weighted by molar-refractivity contribution is 0.481. The number of pyridine rings is 1. The van der Waals surface area contributed by atoms with Crippen LogP contribution in [0.2, 0.25) is 0 Å². The molecule has 0 saturated carbocycles. The number of fused-ring (bicyclic) bond motifs is 1. The van der Waals surface area contributed by atoms with Crippen molar-refractivity contribution in [3.8, 4) is 17.6 Å². The Kier molecular flexibility index (Phi) is 3.13. The summed E-state index contributed by atoms with van der Waals surface area (Å²) in [5.41, 5.74) is 6.77. The minimum Gasteiger partial charge on any atom is -0.453 e. The van der Waals surface area contributed by atoms with Crippen molar-refractivity contribution in [2.24, 2.45) is 0 Å². The number of para-hydroxylation sites is 1. The van der Waals surface area contributed by atoms with Gasteiger partial charge in [0.15, 0.2) is 5.75 Å². The number of nitrogen functional groups attached to an aromatic ring is 1. The fraction of sp³-hybridized carbons (Fsp3) is 0. The minimum atomic E-state index is -0.632. The second-order valence-corrected chi connectivity index (χ2v) is 4.39. The molecule has 0 aliphatic heterocycles. The van der Waals surface area contributed by atoms with Gasteiger partial charge in [-0.15, -0.1) is 0 Å². The average molecular weight is 279 g/mol. The lowest BCUT2D eigenvalue weighted by atomic mass is 10.1. The number of rotatable bonds is 2. The van der Waals surface area contributed by atoms with Gasteiger partial charge in [0.25, 0.3) is 0 Å². The molecule has 0 bridgehead atoms. The highest BCUT2D eigenvalue weighted by molar-refractivity contribution is 5.89. The van der Waals surface area contributed by atoms with Gasteiger partial charge in [-0.25, -0.2) is 4.39 Å². The molecule has 0 radical (unpaired) electrons. The fourth-order valence-corrected chi connectivity index (χ4v) is 2.05. The minimum absolute atomic E-state index is 0.126. The third-order valence-corrected chi connectivity index (χ3v) is 3.05. The normalized spacial score (nSPS) is 10.3. The summed E-state index contributed by atoms with van der Waals surface area (Å²) in [6, 6.07) is 13.3. The number of benzene rings is 2. The van der Waals surface area contributed by atoms with Crippen LogP contribution in [0, 0.1) is 17.1 Å². The van der Waals surface area contributed by atoms with Crippen molar-refractivity contribution in [1.29, 1.82) is 5.26 Å². The Morgan fingerprint density at radius 1 is 1.14 bits per heavy atom. The van der Waals surface area contributed by atoms with Crippen LogP contribution in [-0.2, 0) is 0 Å². The maximum absolute atomic E-state index is 13.6. The largest absolute Gasteiger partial charge is 0.453 e. The first kappa shape index (κ1) is 12.9. The molecule has 0 spiro atoms. The first-order valence-electron chi connectivity index (χ1n) is 6.20. The molecule has 2 N–H and O–H groups in total. The van der Waals surface area contributed by atoms with Gasteiger partial charge in [0.1, 0.15) is 23.2 Å². The SMILES string of the molecule is N#Cc1c(F)cccc1Oc1c(N)cnc2ccccc12. The van der Waals surface area contributed by atoms with Crippen LogP contribution < -0.4 is 10.5 Å². The number of hydrogen-bond acceptors (Lipinski definition) is 4. The molecule has 3 rings (SSSR count). The molecule has 4 nitrogen and oxygen atoms in total. The van der Waals surface area contributed by atoms with E-state index in [1.807, 2.05) is 18.2 Å². The van der Waals surface area contributed by atoms with Gasteiger partial charge < -0.3 is 10.5 Å². The van der Waals surface area contributed by atoms with Gasteiger partial charge in [0, 0.05) is 5.39 Å². The maximum atomic E-state index is 13.6. The Hall–Kier alpha value is -3.13. The number of nitriles is 1. The Labute approximate surface area is 120 Å². The summed E-state index contributed by atoms with van der Waals surface area (Å²) < 4.78 is 19.3. The van der Waals surface area contributed by atoms with E-state index in [1.54, 1.807) is 12.1 Å². The molecule has 0 aliphatic rings. The van der Waals surface area contributed by atoms with E-state index in [0.29, 0.717) is 22.3 Å². The van der Waals surface area contributed by atoms with E-state index in [4.69, 9.17) is 15.7 Å². The molecule has 1 aromatic heterocycles. The van der Waals surface area contributed by atoms with E-state index in [1.165, 1.54) is 24.4 Å². The predicted octanol–water partition coefficient (Wildman–Crippen LogP) is 3.62. The molecule has 2 aromatic carbocycles. The number of nitrogens with two attached hydrogens (primary N) is 1. The summed E-state index contributed by atoms with van der Waals surface area (Å²) in [6.07, 6.45) is 1.48. The highest BCUT2D eigenvalue weighted by Gasteiger charge is 2.14. The third-order valence-electron chi connectivity index (χ3n) is 3.05. The molecule has 0 saturated heterocycles. The van der Waals surface area contributed by atoms with Crippen molar-refractivity contribution in [3.05, 3.63) is 60.0 Å². The number of ether oxygens (including phenoxy) is 1. The van der Waals surface area contributed by atoms with Gasteiger partial charge in [0.05, 0.1) is 17.4 Å². The topological polar surface area (TPSA) is 71.9 Å². The van der Waals surface area contributed by atoms with E-state index < -0.39 is 5.82 Å². The van der Waals surface area contributed by atoms with Crippen LogP contribution in [0.25, 0.3) is 10.9 Å². The smallest absolute Gasteiger partial charge is 0.161 e. The van der Waals surface area contributed by atoms with Crippen LogP contribution in [0.1, 0.15) is 5.56 Å². The first-order valence-corrected chi connectivity index (χ1v) is 6.20. The van der Waals surface area contributed by atoms with Crippen LogP contribution in [0.4, 0.5) is 10.1 Å². The Bertz CT molecular complexity index is 871. The number of hydrogen-bond donors (Lipinski definition) is 1. The number of anilines is 1. The Balaban J connectivity index is 2.17. The highest BCUT2D eigenvalue weighted by Crippen LogP contribution is 2.35. The monoisotopic (exact) mass is 279 g/mol. The molecule has 0 unspecified atom stereocenters. The number of nitrogens with zero attached hydrogens (tertiary/aromatic N) is 2. The lowest BCUT2D eigenvalue weighted by Gasteiger charge is -2.12. The van der Waals surface area contributed by atoms with E-state index >= 15 is 0 Å². The van der Waals surface area contributed by atoms with Crippen LogP contribution >= 0.6 is 0 Å². The molecule has 0 aliphatic carbocycles. The molecule has 0 atom stereocenters. The predicted molar refractivity (Wildman–Crippen MR) is 77.3 cm³/mol. The molecule has 5 heteroatoms. The van der Waals surface area contributed by atoms with Gasteiger partial charge in [-0.1, -0.05) is 18.2 Å². The van der Waals surface area contributed by atoms with Gasteiger partial charge in [0.2, 0.25) is 0 Å². The average Bonchev–Trinajstić information content (AvgIpc) is 2.50. The van der Waals surface area contributed by atoms with E-state index in [0.717, 1.165) is 0 Å². The van der Waals surface area contributed by atoms with Gasteiger partial charge in [-0.05, 0) is 24.3 Å². The zero-order chi connectivity index (χ0) is 14.8. The molecule has 0 fully saturated rings. The molecular formula is C16H10FN3O. The Morgan fingerprint density at radius 2 is 1.95 bits per heavy atom. The van der Waals surface area contributed by atoms with Crippen LogP contribution in [0.15, 0.2) is 48.7 Å². The van der Waals surface area contributed by atoms with Gasteiger partial charge in [-0.2, -0.15) is 5.26 Å². The second kappa shape index (κ2) is 5.10. The quantitative estimate of drug-likeness (QED) is 0.777. The summed E-state index contributed by atoms with van der Waals surface area (Å²) >= 11 is 0. The molecule has 1 heterocycles. The number of halogens is 1. The van der Waals surface area contributed by atoms with Crippen molar-refractivity contribution < 1.29 is 9.13 Å². The van der Waals surface area contributed by atoms with Crippen LogP contribution in [0.5, 0.6) is 11.5 Å². The maximum Gasteiger partial charge on any atom is 0.161 e. The summed E-state index contributed by atoms with van der Waals surface area (Å²) in [6.45, 7) is 0. The first-order chi connectivity index (χ1) is 10.2. The summed E-state index contributed by atoms with van der Waals surface area (Å²) in [5, 5.41) is 9.75. The molecular weight excluding hydrogens is 269 g/mol. The number of aromatic nitrogens is 1.